The predicted molar refractivity (Wildman–Crippen MR) is 186 cm³/mol. The number of nitrogens with zero attached hydrogens (tertiary/aromatic N) is 1. The minimum absolute atomic E-state index is 0.133. The molecule has 4 bridgehead atoms. The van der Waals surface area contributed by atoms with E-state index in [1.165, 1.54) is 38.5 Å². The van der Waals surface area contributed by atoms with Crippen LogP contribution in [0, 0.1) is 30.1 Å². The van der Waals surface area contributed by atoms with Crippen molar-refractivity contribution in [2.75, 3.05) is 25.6 Å². The number of nitrogens with one attached hydrogen (secondary N) is 1. The molecular formula is C39H53N2O4S+. The number of carboxylic acids is 1. The van der Waals surface area contributed by atoms with Gasteiger partial charge in [-0.15, -0.1) is 0 Å². The fraction of sp³-hybridized carbons (Fsp3) is 0.615. The van der Waals surface area contributed by atoms with Crippen LogP contribution in [0.5, 0.6) is 0 Å². The molecule has 0 spiro atoms. The summed E-state index contributed by atoms with van der Waals surface area (Å²) in [4.78, 5) is 40.6. The molecule has 5 fully saturated rings. The third kappa shape index (κ3) is 6.69. The highest BCUT2D eigenvalue weighted by Crippen LogP contribution is 2.61. The number of hydrogen-bond donors (Lipinski definition) is 2. The highest BCUT2D eigenvalue weighted by Gasteiger charge is 2.60. The molecule has 0 saturated heterocycles. The highest BCUT2D eigenvalue weighted by molar-refractivity contribution is 7.98. The van der Waals surface area contributed by atoms with Gasteiger partial charge in [-0.2, -0.15) is 11.8 Å². The first-order valence-electron chi connectivity index (χ1n) is 17.7. The van der Waals surface area contributed by atoms with E-state index in [0.717, 1.165) is 85.1 Å². The molecule has 5 aliphatic rings. The molecular weight excluding hydrogens is 593 g/mol. The molecule has 2 N–H and O–H groups in total. The predicted octanol–water partition coefficient (Wildman–Crippen LogP) is 7.66. The van der Waals surface area contributed by atoms with E-state index in [1.54, 1.807) is 11.8 Å². The van der Waals surface area contributed by atoms with E-state index < -0.39 is 12.0 Å². The van der Waals surface area contributed by atoms with Gasteiger partial charge in [0.05, 0.1) is 25.0 Å². The monoisotopic (exact) mass is 645 g/mol. The Morgan fingerprint density at radius 1 is 0.957 bits per heavy atom. The third-order valence-electron chi connectivity index (χ3n) is 12.2. The number of carbonyl (C=O) groups is 3. The summed E-state index contributed by atoms with van der Waals surface area (Å²) in [5, 5.41) is 12.6. The zero-order chi connectivity index (χ0) is 32.5. The number of rotatable bonds is 12. The molecule has 248 valence electrons. The van der Waals surface area contributed by atoms with Crippen LogP contribution in [-0.2, 0) is 16.0 Å². The molecule has 6 nitrogen and oxygen atoms in total. The normalized spacial score (nSPS) is 27.6. The van der Waals surface area contributed by atoms with Crippen LogP contribution in [0.3, 0.4) is 0 Å². The Morgan fingerprint density at radius 2 is 1.61 bits per heavy atom. The van der Waals surface area contributed by atoms with Crippen molar-refractivity contribution < 1.29 is 24.0 Å². The molecule has 7 heteroatoms. The summed E-state index contributed by atoms with van der Waals surface area (Å²) in [5.41, 5.74) is 4.33. The smallest absolute Gasteiger partial charge is 0.326 e. The second-order valence-corrected chi connectivity index (χ2v) is 16.4. The van der Waals surface area contributed by atoms with Crippen LogP contribution in [-0.4, -0.2) is 65.1 Å². The third-order valence-corrected chi connectivity index (χ3v) is 12.8. The Morgan fingerprint density at radius 3 is 2.22 bits per heavy atom. The lowest BCUT2D eigenvalue weighted by Crippen LogP contribution is -2.65. The van der Waals surface area contributed by atoms with Gasteiger partial charge in [0.1, 0.15) is 6.04 Å². The van der Waals surface area contributed by atoms with Crippen molar-refractivity contribution in [1.82, 2.24) is 5.32 Å². The molecule has 2 aromatic rings. The summed E-state index contributed by atoms with van der Waals surface area (Å²) in [6.07, 6.45) is 16.3. The van der Waals surface area contributed by atoms with Gasteiger partial charge >= 0.3 is 11.9 Å². The van der Waals surface area contributed by atoms with Crippen LogP contribution in [0.4, 0.5) is 0 Å². The number of aliphatic carboxylic acids is 1. The first kappa shape index (κ1) is 33.3. The topological polar surface area (TPSA) is 83.5 Å². The number of quaternary nitrogens is 1. The summed E-state index contributed by atoms with van der Waals surface area (Å²) in [6.45, 7) is 2.82. The molecule has 0 heterocycles. The van der Waals surface area contributed by atoms with Gasteiger partial charge in [0, 0.05) is 12.0 Å². The maximum atomic E-state index is 15.0. The molecule has 0 aliphatic heterocycles. The lowest BCUT2D eigenvalue weighted by molar-refractivity contribution is -0.865. The zero-order valence-corrected chi connectivity index (χ0v) is 28.9. The van der Waals surface area contributed by atoms with Crippen LogP contribution in [0.15, 0.2) is 42.5 Å². The van der Waals surface area contributed by atoms with Crippen molar-refractivity contribution >= 4 is 29.5 Å². The van der Waals surface area contributed by atoms with Crippen molar-refractivity contribution in [3.63, 3.8) is 0 Å². The Labute approximate surface area is 279 Å². The Kier molecular flexibility index (Phi) is 10.0. The van der Waals surface area contributed by atoms with Crippen molar-refractivity contribution in [3.05, 3.63) is 59.2 Å². The molecule has 2 atom stereocenters. The second kappa shape index (κ2) is 13.8. The minimum Gasteiger partial charge on any atom is -0.480 e. The van der Waals surface area contributed by atoms with E-state index in [4.69, 9.17) is 0 Å². The SMILES string of the molecule is CSCC[C@H](NC(=O)c1ccc(CC[N+](C)(C(=O)C23CC4CC(CC(C4)C2)C3)C2CCCCC2)cc1-c1ccccc1C)C(=O)O. The molecule has 0 radical (unpaired) electrons. The first-order valence-corrected chi connectivity index (χ1v) is 19.1. The molecule has 5 aliphatic carbocycles. The van der Waals surface area contributed by atoms with Gasteiger partial charge in [-0.05, 0) is 136 Å². The van der Waals surface area contributed by atoms with E-state index in [2.05, 4.69) is 18.4 Å². The van der Waals surface area contributed by atoms with Crippen molar-refractivity contribution in [3.8, 4) is 11.1 Å². The molecule has 5 saturated carbocycles. The molecule has 1 unspecified atom stereocenters. The lowest BCUT2D eigenvalue weighted by Gasteiger charge is -2.57. The highest BCUT2D eigenvalue weighted by atomic mass is 32.2. The van der Waals surface area contributed by atoms with Crippen LogP contribution in [0.25, 0.3) is 11.1 Å². The summed E-state index contributed by atoms with van der Waals surface area (Å²) < 4.78 is 0.545. The number of hydrogen-bond acceptors (Lipinski definition) is 4. The Hall–Kier alpha value is -2.64. The number of amides is 2. The second-order valence-electron chi connectivity index (χ2n) is 15.4. The molecule has 0 aromatic heterocycles. The van der Waals surface area contributed by atoms with Gasteiger partial charge in [0.2, 0.25) is 0 Å². The number of thioether (sulfide) groups is 1. The van der Waals surface area contributed by atoms with Gasteiger partial charge in [-0.25, -0.2) is 9.59 Å². The van der Waals surface area contributed by atoms with Gasteiger partial charge in [0.25, 0.3) is 5.91 Å². The van der Waals surface area contributed by atoms with Gasteiger partial charge in [-0.1, -0.05) is 42.8 Å². The van der Waals surface area contributed by atoms with Crippen LogP contribution < -0.4 is 5.32 Å². The number of carbonyl (C=O) groups excluding carboxylic acids is 2. The number of carboxylic acid groups (broad SMARTS) is 1. The van der Waals surface area contributed by atoms with E-state index >= 15 is 4.79 Å². The molecule has 7 rings (SSSR count). The number of benzene rings is 2. The largest absolute Gasteiger partial charge is 0.480 e. The van der Waals surface area contributed by atoms with Crippen molar-refractivity contribution in [2.45, 2.75) is 102 Å². The van der Waals surface area contributed by atoms with Crippen LogP contribution in [0.2, 0.25) is 0 Å². The summed E-state index contributed by atoms with van der Waals surface area (Å²) >= 11 is 1.57. The lowest BCUT2D eigenvalue weighted by atomic mass is 9.49. The molecule has 46 heavy (non-hydrogen) atoms. The fourth-order valence-corrected chi connectivity index (χ4v) is 10.6. The zero-order valence-electron chi connectivity index (χ0n) is 28.1. The quantitative estimate of drug-likeness (QED) is 0.232. The fourth-order valence-electron chi connectivity index (χ4n) is 10.1. The summed E-state index contributed by atoms with van der Waals surface area (Å²) in [5.74, 6) is 2.03. The minimum atomic E-state index is -1.01. The number of likely N-dealkylation sites (N-methyl/N-ethyl adjacent to an activating group) is 1. The van der Waals surface area contributed by atoms with E-state index in [0.29, 0.717) is 34.2 Å². The van der Waals surface area contributed by atoms with Gasteiger partial charge in [-0.3, -0.25) is 9.28 Å². The average molecular weight is 646 g/mol. The van der Waals surface area contributed by atoms with E-state index in [-0.39, 0.29) is 11.3 Å². The van der Waals surface area contributed by atoms with Crippen LogP contribution in [0.1, 0.15) is 98.5 Å². The van der Waals surface area contributed by atoms with Crippen molar-refractivity contribution in [1.29, 1.82) is 0 Å². The standard InChI is InChI=1S/C39H52N2O4S/c1-26-9-7-8-12-32(26)34-22-27(13-14-33(34)36(42)40-35(37(43)44)16-18-46-3)15-17-41(2,31-10-5-4-6-11-31)38(45)39-23-28-19-29(24-39)21-30(20-28)25-39/h7-9,12-14,22,28-31,35H,4-6,10-11,15-21,23-25H2,1-3H3,(H-,40,42,43,44)/p+1/t28?,29?,30?,35-,39?,41?/m0/s1. The molecule has 2 amide bonds. The number of aryl methyl sites for hydroxylation is 1. The van der Waals surface area contributed by atoms with Crippen LogP contribution >= 0.6 is 11.8 Å². The Bertz CT molecular complexity index is 1410. The maximum Gasteiger partial charge on any atom is 0.326 e. The van der Waals surface area contributed by atoms with E-state index in [1.807, 2.05) is 49.6 Å². The van der Waals surface area contributed by atoms with Gasteiger partial charge in [0.15, 0.2) is 0 Å². The van der Waals surface area contributed by atoms with E-state index in [9.17, 15) is 14.7 Å². The van der Waals surface area contributed by atoms with Gasteiger partial charge < -0.3 is 10.4 Å². The molecule has 2 aromatic carbocycles. The maximum absolute atomic E-state index is 15.0. The average Bonchev–Trinajstić information content (AvgIpc) is 3.05. The first-order chi connectivity index (χ1) is 22.1. The summed E-state index contributed by atoms with van der Waals surface area (Å²) in [6, 6.07) is 13.5. The Balaban J connectivity index is 1.29. The van der Waals surface area contributed by atoms with Crippen molar-refractivity contribution in [2.24, 2.45) is 23.2 Å². The summed E-state index contributed by atoms with van der Waals surface area (Å²) in [7, 11) is 2.27.